The van der Waals surface area contributed by atoms with Crippen molar-refractivity contribution in [2.24, 2.45) is 0 Å². The number of nitrogens with one attached hydrogen (secondary N) is 1. The Hall–Kier alpha value is -1.81. The zero-order valence-corrected chi connectivity index (χ0v) is 11.2. The first-order valence-electron chi connectivity index (χ1n) is 6.55. The van der Waals surface area contributed by atoms with Crippen LogP contribution in [0.1, 0.15) is 29.0 Å². The van der Waals surface area contributed by atoms with Crippen LogP contribution in [-0.4, -0.2) is 25.5 Å². The molecular weight excluding hydrogens is 242 g/mol. The second-order valence-electron chi connectivity index (χ2n) is 4.95. The average molecular weight is 259 g/mol. The summed E-state index contributed by atoms with van der Waals surface area (Å²) in [6.07, 6.45) is 1.92. The lowest BCUT2D eigenvalue weighted by atomic mass is 10.1. The van der Waals surface area contributed by atoms with Crippen LogP contribution in [0.5, 0.6) is 5.75 Å². The molecule has 1 saturated heterocycles. The first kappa shape index (κ1) is 12.2. The third-order valence-corrected chi connectivity index (χ3v) is 3.70. The molecule has 0 aliphatic carbocycles. The van der Waals surface area contributed by atoms with Gasteiger partial charge in [-0.2, -0.15) is 0 Å². The molecule has 2 heterocycles. The Labute approximate surface area is 111 Å². The highest BCUT2D eigenvalue weighted by atomic mass is 16.5. The van der Waals surface area contributed by atoms with Gasteiger partial charge in [0, 0.05) is 5.39 Å². The van der Waals surface area contributed by atoms with Crippen molar-refractivity contribution in [3.05, 3.63) is 29.5 Å². The lowest BCUT2D eigenvalue weighted by molar-refractivity contribution is 0.0927. The maximum atomic E-state index is 12.3. The molecule has 4 nitrogen and oxygen atoms in total. The topological polar surface area (TPSA) is 51.5 Å². The molecule has 1 aromatic heterocycles. The number of rotatable bonds is 3. The molecule has 3 rings (SSSR count). The average Bonchev–Trinajstić information content (AvgIpc) is 3.08. The maximum absolute atomic E-state index is 12.3. The van der Waals surface area contributed by atoms with Gasteiger partial charge in [-0.1, -0.05) is 6.07 Å². The fraction of sp³-hybridized carbons (Fsp3) is 0.400. The van der Waals surface area contributed by atoms with Crippen molar-refractivity contribution in [1.82, 2.24) is 5.32 Å². The summed E-state index contributed by atoms with van der Waals surface area (Å²) >= 11 is 0. The standard InChI is InChI=1S/C15H17NO3/c1-9-5-6-12(18-2)15-10(9)8-13(19-15)14(17)11-4-3-7-16-11/h5-6,8,11,16H,3-4,7H2,1-2H3. The van der Waals surface area contributed by atoms with Crippen molar-refractivity contribution in [3.8, 4) is 5.75 Å². The number of ether oxygens (including phenoxy) is 1. The van der Waals surface area contributed by atoms with E-state index in [2.05, 4.69) is 5.32 Å². The summed E-state index contributed by atoms with van der Waals surface area (Å²) in [7, 11) is 1.60. The van der Waals surface area contributed by atoms with Crippen LogP contribution in [0.25, 0.3) is 11.0 Å². The summed E-state index contributed by atoms with van der Waals surface area (Å²) < 4.78 is 11.0. The Bertz CT molecular complexity index is 624. The summed E-state index contributed by atoms with van der Waals surface area (Å²) in [6.45, 7) is 2.90. The van der Waals surface area contributed by atoms with E-state index < -0.39 is 0 Å². The molecule has 4 heteroatoms. The number of Topliss-reactive ketones (excluding diaryl/α,β-unsaturated/α-hetero) is 1. The van der Waals surface area contributed by atoms with Gasteiger partial charge in [-0.25, -0.2) is 0 Å². The van der Waals surface area contributed by atoms with E-state index in [1.807, 2.05) is 25.1 Å². The van der Waals surface area contributed by atoms with Crippen molar-refractivity contribution < 1.29 is 13.9 Å². The van der Waals surface area contributed by atoms with Gasteiger partial charge in [-0.3, -0.25) is 4.79 Å². The van der Waals surface area contributed by atoms with Crippen molar-refractivity contribution in [3.63, 3.8) is 0 Å². The number of fused-ring (bicyclic) bond motifs is 1. The lowest BCUT2D eigenvalue weighted by Gasteiger charge is -2.05. The van der Waals surface area contributed by atoms with Crippen LogP contribution in [0.15, 0.2) is 22.6 Å². The second-order valence-corrected chi connectivity index (χ2v) is 4.95. The molecule has 0 spiro atoms. The molecule has 0 bridgehead atoms. The van der Waals surface area contributed by atoms with Crippen LogP contribution >= 0.6 is 0 Å². The lowest BCUT2D eigenvalue weighted by Crippen LogP contribution is -2.30. The molecule has 100 valence electrons. The molecule has 1 aliphatic rings. The van der Waals surface area contributed by atoms with E-state index in [0.29, 0.717) is 17.1 Å². The van der Waals surface area contributed by atoms with Crippen LogP contribution in [-0.2, 0) is 0 Å². The quantitative estimate of drug-likeness (QED) is 0.861. The highest BCUT2D eigenvalue weighted by Gasteiger charge is 2.26. The summed E-state index contributed by atoms with van der Waals surface area (Å²) in [5, 5.41) is 4.15. The minimum absolute atomic E-state index is 0.0372. The van der Waals surface area contributed by atoms with E-state index in [1.165, 1.54) is 0 Å². The van der Waals surface area contributed by atoms with Gasteiger partial charge in [-0.05, 0) is 44.0 Å². The molecule has 1 atom stereocenters. The summed E-state index contributed by atoms with van der Waals surface area (Å²) in [5.74, 6) is 1.12. The first-order chi connectivity index (χ1) is 9.20. The fourth-order valence-corrected chi connectivity index (χ4v) is 2.60. The zero-order chi connectivity index (χ0) is 13.4. The van der Waals surface area contributed by atoms with Crippen LogP contribution in [0.4, 0.5) is 0 Å². The molecular formula is C15H17NO3. The van der Waals surface area contributed by atoms with Crippen LogP contribution in [0, 0.1) is 6.92 Å². The van der Waals surface area contributed by atoms with Crippen LogP contribution in [0.2, 0.25) is 0 Å². The van der Waals surface area contributed by atoms with Crippen molar-refractivity contribution in [1.29, 1.82) is 0 Å². The van der Waals surface area contributed by atoms with Gasteiger partial charge in [0.1, 0.15) is 0 Å². The molecule has 2 aromatic rings. The van der Waals surface area contributed by atoms with Gasteiger partial charge in [-0.15, -0.1) is 0 Å². The van der Waals surface area contributed by atoms with Crippen molar-refractivity contribution >= 4 is 16.8 Å². The number of benzene rings is 1. The SMILES string of the molecule is COc1ccc(C)c2cc(C(=O)C3CCCN3)oc12. The van der Waals surface area contributed by atoms with Gasteiger partial charge < -0.3 is 14.5 Å². The molecule has 1 unspecified atom stereocenters. The fourth-order valence-electron chi connectivity index (χ4n) is 2.60. The zero-order valence-electron chi connectivity index (χ0n) is 11.2. The smallest absolute Gasteiger partial charge is 0.214 e. The highest BCUT2D eigenvalue weighted by Crippen LogP contribution is 2.32. The van der Waals surface area contributed by atoms with Gasteiger partial charge in [0.05, 0.1) is 13.2 Å². The molecule has 0 amide bonds. The molecule has 0 radical (unpaired) electrons. The number of methoxy groups -OCH3 is 1. The Morgan fingerprint density at radius 2 is 2.32 bits per heavy atom. The molecule has 19 heavy (non-hydrogen) atoms. The monoisotopic (exact) mass is 259 g/mol. The van der Waals surface area contributed by atoms with Gasteiger partial charge in [0.15, 0.2) is 17.1 Å². The number of aryl methyl sites for hydroxylation is 1. The number of carbonyl (C=O) groups excluding carboxylic acids is 1. The Morgan fingerprint density at radius 3 is 3.00 bits per heavy atom. The second kappa shape index (κ2) is 4.70. The third-order valence-electron chi connectivity index (χ3n) is 3.70. The van der Waals surface area contributed by atoms with E-state index >= 15 is 0 Å². The number of ketones is 1. The number of hydrogen-bond acceptors (Lipinski definition) is 4. The van der Waals surface area contributed by atoms with Crippen LogP contribution in [0.3, 0.4) is 0 Å². The molecule has 1 aliphatic heterocycles. The Balaban J connectivity index is 2.05. The van der Waals surface area contributed by atoms with E-state index in [0.717, 1.165) is 30.3 Å². The predicted octanol–water partition coefficient (Wildman–Crippen LogP) is 2.68. The highest BCUT2D eigenvalue weighted by molar-refractivity contribution is 6.02. The van der Waals surface area contributed by atoms with Crippen LogP contribution < -0.4 is 10.1 Å². The predicted molar refractivity (Wildman–Crippen MR) is 72.9 cm³/mol. The van der Waals surface area contributed by atoms with Gasteiger partial charge >= 0.3 is 0 Å². The number of hydrogen-bond donors (Lipinski definition) is 1. The number of furan rings is 1. The van der Waals surface area contributed by atoms with E-state index in [4.69, 9.17) is 9.15 Å². The van der Waals surface area contributed by atoms with E-state index in [-0.39, 0.29) is 11.8 Å². The Morgan fingerprint density at radius 1 is 1.47 bits per heavy atom. The van der Waals surface area contributed by atoms with Gasteiger partial charge in [0.25, 0.3) is 0 Å². The Kier molecular flexibility index (Phi) is 3.03. The normalized spacial score (nSPS) is 18.9. The van der Waals surface area contributed by atoms with Gasteiger partial charge in [0.2, 0.25) is 5.78 Å². The number of carbonyl (C=O) groups is 1. The van der Waals surface area contributed by atoms with Crippen molar-refractivity contribution in [2.45, 2.75) is 25.8 Å². The van der Waals surface area contributed by atoms with E-state index in [9.17, 15) is 4.79 Å². The minimum Gasteiger partial charge on any atom is -0.493 e. The largest absolute Gasteiger partial charge is 0.493 e. The maximum Gasteiger partial charge on any atom is 0.214 e. The first-order valence-corrected chi connectivity index (χ1v) is 6.55. The third kappa shape index (κ3) is 2.02. The summed E-state index contributed by atoms with van der Waals surface area (Å²) in [6, 6.07) is 5.56. The minimum atomic E-state index is -0.105. The molecule has 0 saturated carbocycles. The van der Waals surface area contributed by atoms with Crippen molar-refractivity contribution in [2.75, 3.05) is 13.7 Å². The van der Waals surface area contributed by atoms with E-state index in [1.54, 1.807) is 7.11 Å². The molecule has 1 aromatic carbocycles. The molecule has 1 fully saturated rings. The molecule has 1 N–H and O–H groups in total. The summed E-state index contributed by atoms with van der Waals surface area (Å²) in [4.78, 5) is 12.3. The summed E-state index contributed by atoms with van der Waals surface area (Å²) in [5.41, 5.74) is 1.74.